The number of amides is 2. The predicted octanol–water partition coefficient (Wildman–Crippen LogP) is 0.416. The Kier molecular flexibility index (Phi) is 4.89. The van der Waals surface area contributed by atoms with Crippen LogP contribution in [0.1, 0.15) is 30.2 Å². The van der Waals surface area contributed by atoms with E-state index < -0.39 is 18.0 Å². The van der Waals surface area contributed by atoms with Gasteiger partial charge in [0.05, 0.1) is 19.6 Å². The first kappa shape index (κ1) is 16.4. The summed E-state index contributed by atoms with van der Waals surface area (Å²) in [4.78, 5) is 31.0. The van der Waals surface area contributed by atoms with Crippen molar-refractivity contribution in [1.29, 1.82) is 0 Å². The van der Waals surface area contributed by atoms with Crippen molar-refractivity contribution >= 4 is 12.0 Å². The molecule has 0 radical (unpaired) electrons. The number of aromatic nitrogens is 4. The molecule has 1 atom stereocenters. The fraction of sp³-hybridized carbons (Fsp3) is 0.357. The molecule has 2 aromatic rings. The number of primary amides is 1. The van der Waals surface area contributed by atoms with Crippen molar-refractivity contribution in [3.63, 3.8) is 0 Å². The van der Waals surface area contributed by atoms with E-state index in [-0.39, 0.29) is 12.2 Å². The molecule has 2 rings (SSSR count). The quantitative estimate of drug-likeness (QED) is 0.823. The van der Waals surface area contributed by atoms with Crippen molar-refractivity contribution in [2.45, 2.75) is 26.3 Å². The molecular formula is C14H18N6O3. The summed E-state index contributed by atoms with van der Waals surface area (Å²) >= 11 is 0. The largest absolute Gasteiger partial charge is 0.453 e. The second kappa shape index (κ2) is 6.86. The predicted molar refractivity (Wildman–Crippen MR) is 80.7 cm³/mol. The highest BCUT2D eigenvalue weighted by molar-refractivity contribution is 5.75. The van der Waals surface area contributed by atoms with Crippen LogP contribution in [-0.2, 0) is 16.0 Å². The van der Waals surface area contributed by atoms with Crippen LogP contribution in [0.5, 0.6) is 0 Å². The second-order valence-electron chi connectivity index (χ2n) is 4.99. The lowest BCUT2D eigenvalue weighted by molar-refractivity contribution is -0.117. The molecule has 0 bridgehead atoms. The molecule has 0 spiro atoms. The Morgan fingerprint density at radius 2 is 2.22 bits per heavy atom. The lowest BCUT2D eigenvalue weighted by Gasteiger charge is -2.13. The summed E-state index contributed by atoms with van der Waals surface area (Å²) in [7, 11) is 1.27. The van der Waals surface area contributed by atoms with Gasteiger partial charge in [-0.15, -0.1) is 5.10 Å². The van der Waals surface area contributed by atoms with Crippen LogP contribution in [0.3, 0.4) is 0 Å². The minimum absolute atomic E-state index is 0.100. The second-order valence-corrected chi connectivity index (χ2v) is 4.99. The van der Waals surface area contributed by atoms with Crippen molar-refractivity contribution in [3.8, 4) is 5.82 Å². The maximum absolute atomic E-state index is 11.4. The minimum Gasteiger partial charge on any atom is -0.453 e. The molecule has 23 heavy (non-hydrogen) atoms. The van der Waals surface area contributed by atoms with Crippen LogP contribution < -0.4 is 11.1 Å². The highest BCUT2D eigenvalue weighted by Crippen LogP contribution is 2.16. The number of carbonyl (C=O) groups is 2. The van der Waals surface area contributed by atoms with Gasteiger partial charge in [0, 0.05) is 6.20 Å². The van der Waals surface area contributed by atoms with E-state index in [0.717, 1.165) is 5.56 Å². The van der Waals surface area contributed by atoms with E-state index in [1.807, 2.05) is 19.1 Å². The molecule has 9 heteroatoms. The molecule has 0 aromatic carbocycles. The summed E-state index contributed by atoms with van der Waals surface area (Å²) in [5.74, 6) is 0.667. The van der Waals surface area contributed by atoms with Gasteiger partial charge >= 0.3 is 6.09 Å². The van der Waals surface area contributed by atoms with E-state index in [4.69, 9.17) is 5.73 Å². The molecule has 0 fully saturated rings. The zero-order valence-corrected chi connectivity index (χ0v) is 13.1. The Morgan fingerprint density at radius 1 is 1.48 bits per heavy atom. The molecule has 9 nitrogen and oxygen atoms in total. The number of hydrogen-bond donors (Lipinski definition) is 2. The lowest BCUT2D eigenvalue weighted by Crippen LogP contribution is -2.28. The lowest BCUT2D eigenvalue weighted by atomic mass is 10.3. The molecule has 0 aliphatic carbocycles. The van der Waals surface area contributed by atoms with Crippen molar-refractivity contribution in [2.75, 3.05) is 7.11 Å². The number of methoxy groups -OCH3 is 1. The summed E-state index contributed by atoms with van der Waals surface area (Å²) in [6, 6.07) is 3.16. The van der Waals surface area contributed by atoms with Crippen molar-refractivity contribution in [2.24, 2.45) is 5.73 Å². The average Bonchev–Trinajstić information content (AvgIpc) is 2.90. The number of carbonyl (C=O) groups excluding carboxylic acids is 2. The van der Waals surface area contributed by atoms with Gasteiger partial charge in [0.1, 0.15) is 0 Å². The Hall–Kier alpha value is -2.97. The molecule has 1 unspecified atom stereocenters. The van der Waals surface area contributed by atoms with Crippen LogP contribution >= 0.6 is 0 Å². The average molecular weight is 318 g/mol. The monoisotopic (exact) mass is 318 g/mol. The molecule has 0 saturated heterocycles. The zero-order chi connectivity index (χ0) is 17.0. The standard InChI is InChI=1S/C14H18N6O3/c1-8-4-5-16-12(6-8)20-13(9(2)17-14(22)23-3)18-11(19-20)7-10(15)21/h4-6,9H,7H2,1-3H3,(H2,15,21)(H,17,22). The summed E-state index contributed by atoms with van der Waals surface area (Å²) in [5, 5.41) is 6.87. The topological polar surface area (TPSA) is 125 Å². The van der Waals surface area contributed by atoms with E-state index in [2.05, 4.69) is 25.1 Å². The maximum Gasteiger partial charge on any atom is 0.407 e. The number of hydrogen-bond acceptors (Lipinski definition) is 6. The van der Waals surface area contributed by atoms with Crippen molar-refractivity contribution in [1.82, 2.24) is 25.1 Å². The molecular weight excluding hydrogens is 300 g/mol. The number of nitrogens with two attached hydrogens (primary N) is 1. The number of pyridine rings is 1. The van der Waals surface area contributed by atoms with Crippen LogP contribution in [0.15, 0.2) is 18.3 Å². The summed E-state index contributed by atoms with van der Waals surface area (Å²) < 4.78 is 6.06. The highest BCUT2D eigenvalue weighted by Gasteiger charge is 2.21. The van der Waals surface area contributed by atoms with E-state index in [0.29, 0.717) is 11.6 Å². The molecule has 122 valence electrons. The molecule has 0 aliphatic heterocycles. The molecule has 2 heterocycles. The first-order valence-corrected chi connectivity index (χ1v) is 6.92. The van der Waals surface area contributed by atoms with Gasteiger partial charge in [0.25, 0.3) is 0 Å². The van der Waals surface area contributed by atoms with Crippen molar-refractivity contribution < 1.29 is 14.3 Å². The Balaban J connectivity index is 2.43. The number of ether oxygens (including phenoxy) is 1. The number of nitrogens with zero attached hydrogens (tertiary/aromatic N) is 4. The van der Waals surface area contributed by atoms with E-state index >= 15 is 0 Å². The fourth-order valence-corrected chi connectivity index (χ4v) is 1.98. The summed E-state index contributed by atoms with van der Waals surface area (Å²) in [6.07, 6.45) is 0.944. The molecule has 2 aromatic heterocycles. The number of rotatable bonds is 5. The van der Waals surface area contributed by atoms with Gasteiger partial charge in [-0.05, 0) is 31.5 Å². The fourth-order valence-electron chi connectivity index (χ4n) is 1.98. The van der Waals surface area contributed by atoms with Crippen LogP contribution in [0.4, 0.5) is 4.79 Å². The minimum atomic E-state index is -0.597. The van der Waals surface area contributed by atoms with Crippen molar-refractivity contribution in [3.05, 3.63) is 35.5 Å². The van der Waals surface area contributed by atoms with Gasteiger partial charge in [-0.1, -0.05) is 0 Å². The van der Waals surface area contributed by atoms with E-state index in [1.165, 1.54) is 11.8 Å². The smallest absolute Gasteiger partial charge is 0.407 e. The van der Waals surface area contributed by atoms with Gasteiger partial charge in [0.2, 0.25) is 5.91 Å². The van der Waals surface area contributed by atoms with Crippen LogP contribution in [0, 0.1) is 6.92 Å². The normalized spacial score (nSPS) is 11.8. The first-order valence-electron chi connectivity index (χ1n) is 6.92. The Morgan fingerprint density at radius 3 is 2.83 bits per heavy atom. The molecule has 0 saturated carbocycles. The molecule has 3 N–H and O–H groups in total. The number of alkyl carbamates (subject to hydrolysis) is 1. The van der Waals surface area contributed by atoms with Crippen LogP contribution in [0.2, 0.25) is 0 Å². The SMILES string of the molecule is COC(=O)NC(C)c1nc(CC(N)=O)nn1-c1cc(C)ccn1. The van der Waals surface area contributed by atoms with Gasteiger partial charge in [-0.3, -0.25) is 4.79 Å². The maximum atomic E-state index is 11.4. The third-order valence-corrected chi connectivity index (χ3v) is 3.03. The van der Waals surface area contributed by atoms with Gasteiger partial charge in [-0.25, -0.2) is 14.8 Å². The third kappa shape index (κ3) is 4.02. The van der Waals surface area contributed by atoms with E-state index in [9.17, 15) is 9.59 Å². The number of aryl methyl sites for hydroxylation is 1. The molecule has 2 amide bonds. The highest BCUT2D eigenvalue weighted by atomic mass is 16.5. The third-order valence-electron chi connectivity index (χ3n) is 3.03. The van der Waals surface area contributed by atoms with Crippen LogP contribution in [-0.4, -0.2) is 38.9 Å². The zero-order valence-electron chi connectivity index (χ0n) is 13.1. The van der Waals surface area contributed by atoms with Crippen LogP contribution in [0.25, 0.3) is 5.82 Å². The van der Waals surface area contributed by atoms with E-state index in [1.54, 1.807) is 13.1 Å². The molecule has 0 aliphatic rings. The van der Waals surface area contributed by atoms with Gasteiger partial charge < -0.3 is 15.8 Å². The number of nitrogens with one attached hydrogen (secondary N) is 1. The Labute approximate surface area is 132 Å². The summed E-state index contributed by atoms with van der Waals surface area (Å²) in [6.45, 7) is 3.64. The van der Waals surface area contributed by atoms with Gasteiger partial charge in [0.15, 0.2) is 17.5 Å². The summed E-state index contributed by atoms with van der Waals surface area (Å²) in [5.41, 5.74) is 6.18. The van der Waals surface area contributed by atoms with Gasteiger partial charge in [-0.2, -0.15) is 4.68 Å². The Bertz CT molecular complexity index is 727. The first-order chi connectivity index (χ1) is 10.9.